The summed E-state index contributed by atoms with van der Waals surface area (Å²) in [7, 11) is 0. The van der Waals surface area contributed by atoms with Crippen LogP contribution in [0.4, 0.5) is 5.82 Å². The zero-order valence-electron chi connectivity index (χ0n) is 10.4. The Bertz CT molecular complexity index is 498. The summed E-state index contributed by atoms with van der Waals surface area (Å²) < 4.78 is 1.54. The van der Waals surface area contributed by atoms with Crippen LogP contribution < -0.4 is 10.5 Å². The van der Waals surface area contributed by atoms with Crippen molar-refractivity contribution in [3.63, 3.8) is 0 Å². The van der Waals surface area contributed by atoms with Crippen molar-refractivity contribution in [2.75, 3.05) is 11.4 Å². The molecule has 0 bridgehead atoms. The average Bonchev–Trinajstić information content (AvgIpc) is 2.39. The summed E-state index contributed by atoms with van der Waals surface area (Å²) >= 11 is 0. The fourth-order valence-electron chi connectivity index (χ4n) is 2.32. The molecule has 98 valence electrons. The molecule has 2 heterocycles. The maximum Gasteiger partial charge on any atom is 0.326 e. The first-order chi connectivity index (χ1) is 8.65. The van der Waals surface area contributed by atoms with Crippen LogP contribution in [0.15, 0.2) is 17.2 Å². The van der Waals surface area contributed by atoms with Gasteiger partial charge in [-0.05, 0) is 26.2 Å². The molecular formula is C12H17N3O3. The number of carboxylic acids is 1. The third kappa shape index (κ3) is 2.23. The first kappa shape index (κ1) is 12.6. The van der Waals surface area contributed by atoms with Gasteiger partial charge in [0.1, 0.15) is 6.04 Å². The summed E-state index contributed by atoms with van der Waals surface area (Å²) in [5.74, 6) is -0.630. The number of hydrogen-bond acceptors (Lipinski definition) is 4. The van der Waals surface area contributed by atoms with Gasteiger partial charge >= 0.3 is 5.97 Å². The summed E-state index contributed by atoms with van der Waals surface area (Å²) in [6.07, 6.45) is 5.50. The van der Waals surface area contributed by atoms with E-state index in [1.54, 1.807) is 17.3 Å². The Morgan fingerprint density at radius 1 is 1.56 bits per heavy atom. The highest BCUT2D eigenvalue weighted by molar-refractivity contribution is 5.77. The molecule has 2 rings (SSSR count). The number of aryl methyl sites for hydroxylation is 1. The normalized spacial score (nSPS) is 19.8. The van der Waals surface area contributed by atoms with Crippen LogP contribution in [0.25, 0.3) is 0 Å². The first-order valence-electron chi connectivity index (χ1n) is 6.20. The lowest BCUT2D eigenvalue weighted by Gasteiger charge is -2.33. The van der Waals surface area contributed by atoms with Gasteiger partial charge in [0.05, 0.1) is 0 Å². The second kappa shape index (κ2) is 5.20. The maximum absolute atomic E-state index is 12.1. The molecule has 0 aliphatic carbocycles. The van der Waals surface area contributed by atoms with Gasteiger partial charge in [-0.25, -0.2) is 9.78 Å². The summed E-state index contributed by atoms with van der Waals surface area (Å²) in [6.45, 7) is 3.00. The van der Waals surface area contributed by atoms with Gasteiger partial charge in [-0.2, -0.15) is 0 Å². The van der Waals surface area contributed by atoms with Crippen molar-refractivity contribution < 1.29 is 9.90 Å². The van der Waals surface area contributed by atoms with Gasteiger partial charge in [-0.15, -0.1) is 0 Å². The smallest absolute Gasteiger partial charge is 0.326 e. The molecular weight excluding hydrogens is 234 g/mol. The van der Waals surface area contributed by atoms with E-state index < -0.39 is 12.0 Å². The molecule has 1 atom stereocenters. The monoisotopic (exact) mass is 251 g/mol. The highest BCUT2D eigenvalue weighted by Gasteiger charge is 2.30. The van der Waals surface area contributed by atoms with Crippen molar-refractivity contribution >= 4 is 11.8 Å². The third-order valence-electron chi connectivity index (χ3n) is 3.30. The number of anilines is 1. The zero-order valence-corrected chi connectivity index (χ0v) is 10.4. The van der Waals surface area contributed by atoms with E-state index in [9.17, 15) is 14.7 Å². The highest BCUT2D eigenvalue weighted by Crippen LogP contribution is 2.20. The largest absolute Gasteiger partial charge is 0.480 e. The summed E-state index contributed by atoms with van der Waals surface area (Å²) in [4.78, 5) is 29.1. The van der Waals surface area contributed by atoms with Gasteiger partial charge in [0, 0.05) is 25.5 Å². The van der Waals surface area contributed by atoms with Crippen molar-refractivity contribution in [3.8, 4) is 0 Å². The second-order valence-corrected chi connectivity index (χ2v) is 4.39. The van der Waals surface area contributed by atoms with Crippen LogP contribution in [0.5, 0.6) is 0 Å². The molecule has 0 aromatic carbocycles. The molecule has 1 N–H and O–H groups in total. The number of aliphatic carboxylic acids is 1. The number of aromatic nitrogens is 2. The van der Waals surface area contributed by atoms with Crippen molar-refractivity contribution in [1.82, 2.24) is 9.55 Å². The molecule has 1 aromatic rings. The number of piperidine rings is 1. The Balaban J connectivity index is 2.40. The third-order valence-corrected chi connectivity index (χ3v) is 3.30. The average molecular weight is 251 g/mol. The molecule has 1 fully saturated rings. The standard InChI is InChI=1S/C12H17N3O3/c1-2-14-8-6-13-10(11(14)16)15-7-4-3-5-9(15)12(17)18/h6,8-9H,2-5,7H2,1H3,(H,17,18). The molecule has 0 saturated carbocycles. The minimum Gasteiger partial charge on any atom is -0.480 e. The van der Waals surface area contributed by atoms with Crippen LogP contribution in [0, 0.1) is 0 Å². The molecule has 1 unspecified atom stereocenters. The van der Waals surface area contributed by atoms with E-state index in [1.807, 2.05) is 6.92 Å². The predicted octanol–water partition coefficient (Wildman–Crippen LogP) is 0.707. The summed E-state index contributed by atoms with van der Waals surface area (Å²) in [6, 6.07) is -0.633. The Morgan fingerprint density at radius 3 is 3.00 bits per heavy atom. The fourth-order valence-corrected chi connectivity index (χ4v) is 2.32. The molecule has 0 spiro atoms. The Morgan fingerprint density at radius 2 is 2.33 bits per heavy atom. The fraction of sp³-hybridized carbons (Fsp3) is 0.583. The molecule has 1 aliphatic rings. The maximum atomic E-state index is 12.1. The molecule has 1 aliphatic heterocycles. The van der Waals surface area contributed by atoms with Gasteiger partial charge in [0.15, 0.2) is 5.82 Å². The van der Waals surface area contributed by atoms with E-state index in [1.165, 1.54) is 4.57 Å². The SMILES string of the molecule is CCn1ccnc(N2CCCCC2C(=O)O)c1=O. The van der Waals surface area contributed by atoms with Crippen molar-refractivity contribution in [2.45, 2.75) is 38.8 Å². The van der Waals surface area contributed by atoms with Gasteiger partial charge in [0.25, 0.3) is 5.56 Å². The minimum absolute atomic E-state index is 0.215. The van der Waals surface area contributed by atoms with E-state index in [0.717, 1.165) is 12.8 Å². The molecule has 6 heteroatoms. The quantitative estimate of drug-likeness (QED) is 0.856. The van der Waals surface area contributed by atoms with E-state index >= 15 is 0 Å². The topological polar surface area (TPSA) is 75.4 Å². The van der Waals surface area contributed by atoms with E-state index in [4.69, 9.17) is 0 Å². The lowest BCUT2D eigenvalue weighted by atomic mass is 10.0. The molecule has 0 radical (unpaired) electrons. The second-order valence-electron chi connectivity index (χ2n) is 4.39. The van der Waals surface area contributed by atoms with Crippen molar-refractivity contribution in [2.24, 2.45) is 0 Å². The molecule has 1 aromatic heterocycles. The molecule has 6 nitrogen and oxygen atoms in total. The van der Waals surface area contributed by atoms with Crippen molar-refractivity contribution in [3.05, 3.63) is 22.7 Å². The predicted molar refractivity (Wildman–Crippen MR) is 66.8 cm³/mol. The van der Waals surface area contributed by atoms with Crippen molar-refractivity contribution in [1.29, 1.82) is 0 Å². The number of nitrogens with zero attached hydrogens (tertiary/aromatic N) is 3. The van der Waals surface area contributed by atoms with Crippen LogP contribution >= 0.6 is 0 Å². The van der Waals surface area contributed by atoms with Crippen LogP contribution in [0.1, 0.15) is 26.2 Å². The van der Waals surface area contributed by atoms with Crippen LogP contribution in [0.2, 0.25) is 0 Å². The van der Waals surface area contributed by atoms with E-state index in [0.29, 0.717) is 19.5 Å². The van der Waals surface area contributed by atoms with Gasteiger partial charge in [-0.3, -0.25) is 4.79 Å². The molecule has 0 amide bonds. The number of hydrogen-bond donors (Lipinski definition) is 1. The van der Waals surface area contributed by atoms with Crippen LogP contribution in [-0.2, 0) is 11.3 Å². The molecule has 18 heavy (non-hydrogen) atoms. The number of carbonyl (C=O) groups is 1. The zero-order chi connectivity index (χ0) is 13.1. The van der Waals surface area contributed by atoms with Crippen LogP contribution in [0.3, 0.4) is 0 Å². The Labute approximate surface area is 105 Å². The van der Waals surface area contributed by atoms with E-state index in [-0.39, 0.29) is 11.4 Å². The summed E-state index contributed by atoms with van der Waals surface area (Å²) in [5.41, 5.74) is -0.215. The Kier molecular flexibility index (Phi) is 3.64. The Hall–Kier alpha value is -1.85. The molecule has 1 saturated heterocycles. The highest BCUT2D eigenvalue weighted by atomic mass is 16.4. The number of carboxylic acid groups (broad SMARTS) is 1. The first-order valence-corrected chi connectivity index (χ1v) is 6.20. The van der Waals surface area contributed by atoms with Crippen LogP contribution in [-0.4, -0.2) is 33.2 Å². The lowest BCUT2D eigenvalue weighted by molar-refractivity contribution is -0.139. The van der Waals surface area contributed by atoms with Gasteiger partial charge in [-0.1, -0.05) is 0 Å². The number of rotatable bonds is 3. The minimum atomic E-state index is -0.886. The van der Waals surface area contributed by atoms with E-state index in [2.05, 4.69) is 4.98 Å². The summed E-state index contributed by atoms with van der Waals surface area (Å²) in [5, 5.41) is 9.21. The van der Waals surface area contributed by atoms with Gasteiger partial charge in [0.2, 0.25) is 0 Å². The van der Waals surface area contributed by atoms with Gasteiger partial charge < -0.3 is 14.6 Å². The lowest BCUT2D eigenvalue weighted by Crippen LogP contribution is -2.48.